The maximum absolute atomic E-state index is 11.0. The molecule has 0 saturated carbocycles. The van der Waals surface area contributed by atoms with Crippen LogP contribution < -0.4 is 0 Å². The molecule has 104 valence electrons. The zero-order chi connectivity index (χ0) is 13.7. The molecule has 1 unspecified atom stereocenters. The van der Waals surface area contributed by atoms with E-state index < -0.39 is 0 Å². The smallest absolute Gasteiger partial charge is 0.304 e. The summed E-state index contributed by atoms with van der Waals surface area (Å²) in [7, 11) is 0. The predicted molar refractivity (Wildman–Crippen MR) is 75.7 cm³/mol. The lowest BCUT2D eigenvalue weighted by molar-refractivity contribution is -0.156. The van der Waals surface area contributed by atoms with Gasteiger partial charge in [-0.25, -0.2) is 0 Å². The van der Waals surface area contributed by atoms with E-state index in [9.17, 15) is 4.79 Å². The first-order chi connectivity index (χ1) is 9.15. The standard InChI is InChI=1S/C16H23NO2/c1-13(19-14(2)18)17-10-8-16(9-11-17)12-15-6-4-3-5-7-15/h3-7,13,16H,8-12H2,1-2H3. The molecule has 0 N–H and O–H groups in total. The Morgan fingerprint density at radius 1 is 1.32 bits per heavy atom. The second-order valence-electron chi connectivity index (χ2n) is 5.38. The van der Waals surface area contributed by atoms with Gasteiger partial charge in [0.1, 0.15) is 0 Å². The molecule has 0 spiro atoms. The van der Waals surface area contributed by atoms with Gasteiger partial charge in [-0.15, -0.1) is 0 Å². The van der Waals surface area contributed by atoms with Crippen LogP contribution in [-0.4, -0.2) is 30.2 Å². The molecule has 1 fully saturated rings. The molecular weight excluding hydrogens is 238 g/mol. The SMILES string of the molecule is CC(=O)OC(C)N1CCC(Cc2ccccc2)CC1. The maximum Gasteiger partial charge on any atom is 0.304 e. The highest BCUT2D eigenvalue weighted by molar-refractivity contribution is 5.66. The first-order valence-corrected chi connectivity index (χ1v) is 7.10. The van der Waals surface area contributed by atoms with Crippen molar-refractivity contribution in [1.82, 2.24) is 4.90 Å². The summed E-state index contributed by atoms with van der Waals surface area (Å²) in [5.41, 5.74) is 1.42. The summed E-state index contributed by atoms with van der Waals surface area (Å²) in [6.07, 6.45) is 3.44. The van der Waals surface area contributed by atoms with E-state index in [0.29, 0.717) is 0 Å². The van der Waals surface area contributed by atoms with Gasteiger partial charge < -0.3 is 4.74 Å². The highest BCUT2D eigenvalue weighted by atomic mass is 16.6. The van der Waals surface area contributed by atoms with Crippen LogP contribution in [0.3, 0.4) is 0 Å². The third-order valence-corrected chi connectivity index (χ3v) is 3.87. The normalized spacial score (nSPS) is 19.1. The van der Waals surface area contributed by atoms with E-state index in [4.69, 9.17) is 4.74 Å². The van der Waals surface area contributed by atoms with Crippen molar-refractivity contribution >= 4 is 5.97 Å². The molecule has 0 bridgehead atoms. The van der Waals surface area contributed by atoms with Crippen molar-refractivity contribution < 1.29 is 9.53 Å². The van der Waals surface area contributed by atoms with Crippen LogP contribution in [0, 0.1) is 5.92 Å². The second-order valence-corrected chi connectivity index (χ2v) is 5.38. The zero-order valence-corrected chi connectivity index (χ0v) is 11.8. The Kier molecular flexibility index (Phi) is 4.97. The number of rotatable bonds is 4. The lowest BCUT2D eigenvalue weighted by Crippen LogP contribution is -2.42. The van der Waals surface area contributed by atoms with Crippen LogP contribution in [-0.2, 0) is 16.0 Å². The van der Waals surface area contributed by atoms with Gasteiger partial charge in [-0.05, 0) is 37.7 Å². The summed E-state index contributed by atoms with van der Waals surface area (Å²) in [6, 6.07) is 10.7. The molecule has 1 aromatic carbocycles. The Balaban J connectivity index is 1.78. The lowest BCUT2D eigenvalue weighted by Gasteiger charge is -2.35. The van der Waals surface area contributed by atoms with Gasteiger partial charge in [-0.2, -0.15) is 0 Å². The van der Waals surface area contributed by atoms with Crippen molar-refractivity contribution in [2.45, 2.75) is 39.3 Å². The predicted octanol–water partition coefficient (Wildman–Crippen LogP) is 2.85. The van der Waals surface area contributed by atoms with E-state index in [0.717, 1.165) is 25.4 Å². The van der Waals surface area contributed by atoms with Crippen LogP contribution in [0.25, 0.3) is 0 Å². The van der Waals surface area contributed by atoms with Crippen LogP contribution in [0.4, 0.5) is 0 Å². The summed E-state index contributed by atoms with van der Waals surface area (Å²) in [5.74, 6) is 0.557. The van der Waals surface area contributed by atoms with Crippen molar-refractivity contribution in [3.05, 3.63) is 35.9 Å². The molecule has 0 amide bonds. The van der Waals surface area contributed by atoms with Crippen molar-refractivity contribution in [3.8, 4) is 0 Å². The van der Waals surface area contributed by atoms with Gasteiger partial charge in [0.2, 0.25) is 0 Å². The van der Waals surface area contributed by atoms with Gasteiger partial charge in [-0.1, -0.05) is 30.3 Å². The Labute approximate surface area is 115 Å². The van der Waals surface area contributed by atoms with Crippen LogP contribution in [0.5, 0.6) is 0 Å². The quantitative estimate of drug-likeness (QED) is 0.781. The van der Waals surface area contributed by atoms with Gasteiger partial charge in [0.05, 0.1) is 0 Å². The van der Waals surface area contributed by atoms with Gasteiger partial charge >= 0.3 is 5.97 Å². The molecule has 0 aromatic heterocycles. The van der Waals surface area contributed by atoms with Gasteiger partial charge in [-0.3, -0.25) is 9.69 Å². The Hall–Kier alpha value is -1.35. The van der Waals surface area contributed by atoms with E-state index >= 15 is 0 Å². The number of hydrogen-bond donors (Lipinski definition) is 0. The molecule has 0 aliphatic carbocycles. The molecule has 1 aliphatic heterocycles. The molecule has 1 heterocycles. The number of carbonyl (C=O) groups is 1. The van der Waals surface area contributed by atoms with E-state index in [-0.39, 0.29) is 12.2 Å². The minimum absolute atomic E-state index is 0.0878. The molecule has 1 aromatic rings. The van der Waals surface area contributed by atoms with E-state index in [1.54, 1.807) is 0 Å². The van der Waals surface area contributed by atoms with Gasteiger partial charge in [0, 0.05) is 20.0 Å². The topological polar surface area (TPSA) is 29.5 Å². The maximum atomic E-state index is 11.0. The van der Waals surface area contributed by atoms with Crippen molar-refractivity contribution in [2.24, 2.45) is 5.92 Å². The number of carbonyl (C=O) groups excluding carboxylic acids is 1. The Morgan fingerprint density at radius 2 is 1.95 bits per heavy atom. The van der Waals surface area contributed by atoms with Gasteiger partial charge in [0.15, 0.2) is 6.23 Å². The fourth-order valence-corrected chi connectivity index (χ4v) is 2.78. The number of benzene rings is 1. The molecule has 0 radical (unpaired) electrons. The Bertz CT molecular complexity index is 396. The molecule has 3 heteroatoms. The molecule has 1 atom stereocenters. The lowest BCUT2D eigenvalue weighted by atomic mass is 9.90. The van der Waals surface area contributed by atoms with Crippen molar-refractivity contribution in [1.29, 1.82) is 0 Å². The number of hydrogen-bond acceptors (Lipinski definition) is 3. The number of piperidine rings is 1. The minimum atomic E-state index is -0.195. The Morgan fingerprint density at radius 3 is 2.53 bits per heavy atom. The first kappa shape index (κ1) is 14.1. The second kappa shape index (κ2) is 6.71. The monoisotopic (exact) mass is 261 g/mol. The largest absolute Gasteiger partial charge is 0.447 e. The average molecular weight is 261 g/mol. The molecule has 1 aliphatic rings. The molecule has 1 saturated heterocycles. The molecule has 19 heavy (non-hydrogen) atoms. The number of likely N-dealkylation sites (tertiary alicyclic amines) is 1. The zero-order valence-electron chi connectivity index (χ0n) is 11.8. The summed E-state index contributed by atoms with van der Waals surface area (Å²) in [6.45, 7) is 5.47. The summed E-state index contributed by atoms with van der Waals surface area (Å²) < 4.78 is 5.23. The first-order valence-electron chi connectivity index (χ1n) is 7.10. The molecule has 2 rings (SSSR count). The van der Waals surface area contributed by atoms with Crippen LogP contribution in [0.1, 0.15) is 32.3 Å². The van der Waals surface area contributed by atoms with Gasteiger partial charge in [0.25, 0.3) is 0 Å². The number of esters is 1. The van der Waals surface area contributed by atoms with E-state index in [2.05, 4.69) is 35.2 Å². The summed E-state index contributed by atoms with van der Waals surface area (Å²) >= 11 is 0. The number of ether oxygens (including phenoxy) is 1. The highest BCUT2D eigenvalue weighted by Crippen LogP contribution is 2.23. The van der Waals surface area contributed by atoms with E-state index in [1.807, 2.05) is 6.92 Å². The van der Waals surface area contributed by atoms with Crippen molar-refractivity contribution in [2.75, 3.05) is 13.1 Å². The van der Waals surface area contributed by atoms with E-state index in [1.165, 1.54) is 25.3 Å². The van der Waals surface area contributed by atoms with Crippen LogP contribution >= 0.6 is 0 Å². The van der Waals surface area contributed by atoms with Crippen LogP contribution in [0.2, 0.25) is 0 Å². The summed E-state index contributed by atoms with van der Waals surface area (Å²) in [5, 5.41) is 0. The van der Waals surface area contributed by atoms with Crippen molar-refractivity contribution in [3.63, 3.8) is 0 Å². The average Bonchev–Trinajstić information content (AvgIpc) is 2.40. The fourth-order valence-electron chi connectivity index (χ4n) is 2.78. The highest BCUT2D eigenvalue weighted by Gasteiger charge is 2.24. The summed E-state index contributed by atoms with van der Waals surface area (Å²) in [4.78, 5) is 13.2. The fraction of sp³-hybridized carbons (Fsp3) is 0.562. The third-order valence-electron chi connectivity index (χ3n) is 3.87. The third kappa shape index (κ3) is 4.35. The molecule has 3 nitrogen and oxygen atoms in total. The minimum Gasteiger partial charge on any atom is -0.447 e. The van der Waals surface area contributed by atoms with Crippen LogP contribution in [0.15, 0.2) is 30.3 Å². The molecular formula is C16H23NO2. The number of nitrogens with zero attached hydrogens (tertiary/aromatic N) is 1.